The van der Waals surface area contributed by atoms with Crippen LogP contribution in [0.25, 0.3) is 91.6 Å². The summed E-state index contributed by atoms with van der Waals surface area (Å²) in [6, 6.07) is 55.0. The van der Waals surface area contributed by atoms with Crippen molar-refractivity contribution in [2.45, 2.75) is 0 Å². The fourth-order valence-electron chi connectivity index (χ4n) is 7.44. The van der Waals surface area contributed by atoms with Crippen molar-refractivity contribution in [3.05, 3.63) is 158 Å². The molecular weight excluding hydrogens is 577 g/mol. The molecule has 0 saturated heterocycles. The molecule has 0 fully saturated rings. The molecule has 0 radical (unpaired) electrons. The summed E-state index contributed by atoms with van der Waals surface area (Å²) in [5.41, 5.74) is 9.63. The second-order valence-corrected chi connectivity index (χ2v) is 12.9. The molecule has 7 aromatic carbocycles. The lowest BCUT2D eigenvalue weighted by molar-refractivity contribution is 1.19. The van der Waals surface area contributed by atoms with Gasteiger partial charge in [-0.05, 0) is 58.0 Å². The molecule has 0 saturated carbocycles. The molecule has 0 N–H and O–H groups in total. The number of aromatic nitrogens is 2. The minimum atomic E-state index is 1.04. The first-order valence-electron chi connectivity index (χ1n) is 15.6. The largest absolute Gasteiger partial charge is 0.309 e. The van der Waals surface area contributed by atoms with E-state index < -0.39 is 0 Å². The van der Waals surface area contributed by atoms with Crippen LogP contribution >= 0.6 is 11.3 Å². The van der Waals surface area contributed by atoms with Gasteiger partial charge < -0.3 is 4.57 Å². The molecule has 10 aromatic rings. The van der Waals surface area contributed by atoms with E-state index in [0.29, 0.717) is 0 Å². The summed E-state index contributed by atoms with van der Waals surface area (Å²) in [6.07, 6.45) is 1.90. The third kappa shape index (κ3) is 3.61. The lowest BCUT2D eigenvalue weighted by Crippen LogP contribution is -1.95. The molecule has 0 atom stereocenters. The van der Waals surface area contributed by atoms with Crippen LogP contribution in [0.5, 0.6) is 0 Å². The monoisotopic (exact) mass is 602 g/mol. The Bertz CT molecular complexity index is 2790. The number of pyridine rings is 1. The Morgan fingerprint density at radius 2 is 1.02 bits per heavy atom. The zero-order chi connectivity index (χ0) is 30.2. The van der Waals surface area contributed by atoms with E-state index in [9.17, 15) is 0 Å². The Hall–Kier alpha value is -5.77. The van der Waals surface area contributed by atoms with Gasteiger partial charge in [0.2, 0.25) is 0 Å². The Morgan fingerprint density at radius 3 is 1.76 bits per heavy atom. The highest BCUT2D eigenvalue weighted by molar-refractivity contribution is 7.26. The van der Waals surface area contributed by atoms with E-state index >= 15 is 0 Å². The third-order valence-electron chi connectivity index (χ3n) is 9.43. The quantitative estimate of drug-likeness (QED) is 0.184. The van der Waals surface area contributed by atoms with Gasteiger partial charge >= 0.3 is 0 Å². The lowest BCUT2D eigenvalue weighted by atomic mass is 9.99. The lowest BCUT2D eigenvalue weighted by Gasteiger charge is -2.12. The smallest absolute Gasteiger partial charge is 0.0801 e. The van der Waals surface area contributed by atoms with Gasteiger partial charge in [-0.3, -0.25) is 4.98 Å². The van der Waals surface area contributed by atoms with E-state index in [1.165, 1.54) is 80.4 Å². The van der Waals surface area contributed by atoms with Gasteiger partial charge in [0.25, 0.3) is 0 Å². The number of benzene rings is 7. The summed E-state index contributed by atoms with van der Waals surface area (Å²) in [4.78, 5) is 4.88. The minimum Gasteiger partial charge on any atom is -0.309 e. The second-order valence-electron chi connectivity index (χ2n) is 11.9. The average molecular weight is 603 g/mol. The van der Waals surface area contributed by atoms with Crippen molar-refractivity contribution >= 4 is 75.0 Å². The SMILES string of the molecule is c1ccc(-c2cccc3c2sc2c(-c4ccc(-n5c6ccccc6c6c7ccccc7c7ncccc7c65)cc4)cccc23)cc1. The van der Waals surface area contributed by atoms with E-state index in [1.54, 1.807) is 0 Å². The van der Waals surface area contributed by atoms with Crippen LogP contribution in [0.15, 0.2) is 158 Å². The highest BCUT2D eigenvalue weighted by Crippen LogP contribution is 2.45. The number of para-hydroxylation sites is 1. The maximum Gasteiger partial charge on any atom is 0.0801 e. The molecule has 0 amide bonds. The molecule has 2 nitrogen and oxygen atoms in total. The van der Waals surface area contributed by atoms with Crippen LogP contribution in [0, 0.1) is 0 Å². The van der Waals surface area contributed by atoms with Crippen LogP contribution in [-0.2, 0) is 0 Å². The number of fused-ring (bicyclic) bond motifs is 11. The fraction of sp³-hybridized carbons (Fsp3) is 0. The van der Waals surface area contributed by atoms with Gasteiger partial charge in [0, 0.05) is 53.6 Å². The first-order chi connectivity index (χ1) is 22.8. The Morgan fingerprint density at radius 1 is 0.435 bits per heavy atom. The zero-order valence-corrected chi connectivity index (χ0v) is 25.6. The first kappa shape index (κ1) is 25.5. The Labute approximate surface area is 269 Å². The van der Waals surface area contributed by atoms with E-state index in [4.69, 9.17) is 4.98 Å². The maximum absolute atomic E-state index is 4.88. The highest BCUT2D eigenvalue weighted by Gasteiger charge is 2.19. The molecule has 0 aliphatic heterocycles. The number of rotatable bonds is 3. The van der Waals surface area contributed by atoms with E-state index in [-0.39, 0.29) is 0 Å². The predicted octanol–water partition coefficient (Wildman–Crippen LogP) is 12.2. The molecule has 0 unspecified atom stereocenters. The van der Waals surface area contributed by atoms with Crippen molar-refractivity contribution in [1.82, 2.24) is 9.55 Å². The topological polar surface area (TPSA) is 17.8 Å². The van der Waals surface area contributed by atoms with E-state index in [2.05, 4.69) is 156 Å². The predicted molar refractivity (Wildman–Crippen MR) is 197 cm³/mol. The number of hydrogen-bond acceptors (Lipinski definition) is 2. The van der Waals surface area contributed by atoms with Crippen molar-refractivity contribution in [1.29, 1.82) is 0 Å². The molecule has 0 aliphatic rings. The van der Waals surface area contributed by atoms with Gasteiger partial charge in [0.05, 0.1) is 16.6 Å². The summed E-state index contributed by atoms with van der Waals surface area (Å²) in [7, 11) is 0. The molecule has 10 rings (SSSR count). The Balaban J connectivity index is 1.19. The molecule has 3 heterocycles. The van der Waals surface area contributed by atoms with Crippen LogP contribution in [0.1, 0.15) is 0 Å². The van der Waals surface area contributed by atoms with Gasteiger partial charge in [0.15, 0.2) is 0 Å². The molecule has 214 valence electrons. The van der Waals surface area contributed by atoms with Crippen LogP contribution < -0.4 is 0 Å². The zero-order valence-electron chi connectivity index (χ0n) is 24.8. The summed E-state index contributed by atoms with van der Waals surface area (Å²) >= 11 is 1.90. The van der Waals surface area contributed by atoms with E-state index in [0.717, 1.165) is 11.2 Å². The fourth-order valence-corrected chi connectivity index (χ4v) is 8.81. The molecular formula is C43H26N2S. The summed E-state index contributed by atoms with van der Waals surface area (Å²) in [5, 5.41) is 8.76. The van der Waals surface area contributed by atoms with Crippen molar-refractivity contribution in [2.75, 3.05) is 0 Å². The normalized spacial score (nSPS) is 11.9. The van der Waals surface area contributed by atoms with Crippen molar-refractivity contribution in [3.8, 4) is 27.9 Å². The van der Waals surface area contributed by atoms with Gasteiger partial charge in [-0.1, -0.05) is 121 Å². The number of nitrogens with zero attached hydrogens (tertiary/aromatic N) is 2. The second kappa shape index (κ2) is 9.87. The first-order valence-corrected chi connectivity index (χ1v) is 16.5. The number of hydrogen-bond donors (Lipinski definition) is 0. The number of thiophene rings is 1. The van der Waals surface area contributed by atoms with Crippen molar-refractivity contribution in [3.63, 3.8) is 0 Å². The minimum absolute atomic E-state index is 1.04. The molecule has 3 aromatic heterocycles. The molecule has 3 heteroatoms. The van der Waals surface area contributed by atoms with Gasteiger partial charge in [-0.2, -0.15) is 0 Å². The molecule has 0 bridgehead atoms. The van der Waals surface area contributed by atoms with Crippen LogP contribution in [0.4, 0.5) is 0 Å². The van der Waals surface area contributed by atoms with Crippen molar-refractivity contribution < 1.29 is 0 Å². The molecule has 46 heavy (non-hydrogen) atoms. The van der Waals surface area contributed by atoms with Gasteiger partial charge in [-0.15, -0.1) is 11.3 Å². The average Bonchev–Trinajstić information content (AvgIpc) is 3.69. The summed E-state index contributed by atoms with van der Waals surface area (Å²) in [6.45, 7) is 0. The summed E-state index contributed by atoms with van der Waals surface area (Å²) in [5.74, 6) is 0. The third-order valence-corrected chi connectivity index (χ3v) is 10.7. The van der Waals surface area contributed by atoms with Crippen LogP contribution in [0.3, 0.4) is 0 Å². The van der Waals surface area contributed by atoms with Gasteiger partial charge in [-0.25, -0.2) is 0 Å². The Kier molecular flexibility index (Phi) is 5.48. The maximum atomic E-state index is 4.88. The standard InChI is InChI=1S/C43H26N2S/c1-2-11-27(12-3-1)30-16-8-18-34-35-19-9-17-31(43(35)46-42(30)34)28-22-24-29(25-23-28)45-38-21-7-6-15-36(38)39-32-13-4-5-14-33(32)40-37(41(39)45)20-10-26-44-40/h1-26H. The van der Waals surface area contributed by atoms with E-state index in [1.807, 2.05) is 17.5 Å². The summed E-state index contributed by atoms with van der Waals surface area (Å²) < 4.78 is 5.09. The highest BCUT2D eigenvalue weighted by atomic mass is 32.1. The van der Waals surface area contributed by atoms with Gasteiger partial charge in [0.1, 0.15) is 0 Å². The van der Waals surface area contributed by atoms with Crippen molar-refractivity contribution in [2.24, 2.45) is 0 Å². The van der Waals surface area contributed by atoms with Crippen LogP contribution in [0.2, 0.25) is 0 Å². The molecule has 0 spiro atoms. The molecule has 0 aliphatic carbocycles. The van der Waals surface area contributed by atoms with Crippen LogP contribution in [-0.4, -0.2) is 9.55 Å².